The van der Waals surface area contributed by atoms with Crippen LogP contribution in [0.5, 0.6) is 0 Å². The molecule has 1 fully saturated rings. The van der Waals surface area contributed by atoms with E-state index in [1.165, 1.54) is 32.9 Å². The highest BCUT2D eigenvalue weighted by atomic mass is 16.1. The van der Waals surface area contributed by atoms with Crippen molar-refractivity contribution in [1.29, 1.82) is 0 Å². The first-order valence-corrected chi connectivity index (χ1v) is 11.2. The standard InChI is InChI=1S/C28H30N2O/c1-18-24(22-15-14-19-10-8-9-13-21(19)26(22)30(18)4)25-23(28(25,2)3)16-17-29-27(31)20-11-6-5-7-12-20/h5-15,23,25H,16-17H2,1-4H3,(H,29,31)/t23-,25+/m0/s1. The van der Waals surface area contributed by atoms with Crippen molar-refractivity contribution in [2.75, 3.05) is 6.54 Å². The number of aryl methyl sites for hydroxylation is 1. The zero-order valence-corrected chi connectivity index (χ0v) is 18.8. The van der Waals surface area contributed by atoms with E-state index in [2.05, 4.69) is 74.1 Å². The van der Waals surface area contributed by atoms with Crippen molar-refractivity contribution in [2.45, 2.75) is 33.1 Å². The van der Waals surface area contributed by atoms with Crippen molar-refractivity contribution in [1.82, 2.24) is 9.88 Å². The monoisotopic (exact) mass is 410 g/mol. The normalized spacial score (nSPS) is 19.6. The van der Waals surface area contributed by atoms with Gasteiger partial charge in [0.2, 0.25) is 0 Å². The lowest BCUT2D eigenvalue weighted by Gasteiger charge is -2.06. The van der Waals surface area contributed by atoms with E-state index in [9.17, 15) is 4.79 Å². The number of nitrogens with zero attached hydrogens (tertiary/aromatic N) is 1. The summed E-state index contributed by atoms with van der Waals surface area (Å²) in [6.07, 6.45) is 1.000. The van der Waals surface area contributed by atoms with Crippen LogP contribution in [0.3, 0.4) is 0 Å². The highest BCUT2D eigenvalue weighted by Gasteiger charge is 2.58. The first-order valence-electron chi connectivity index (χ1n) is 11.2. The molecule has 0 unspecified atom stereocenters. The molecular weight excluding hydrogens is 380 g/mol. The number of benzene rings is 3. The van der Waals surface area contributed by atoms with Gasteiger partial charge in [-0.25, -0.2) is 0 Å². The van der Waals surface area contributed by atoms with Gasteiger partial charge in [-0.1, -0.05) is 68.4 Å². The zero-order valence-electron chi connectivity index (χ0n) is 18.8. The SMILES string of the molecule is Cc1c([C@H]2[C@H](CCNC(=O)c3ccccc3)C2(C)C)c2ccc3ccccc3c2n1C. The number of hydrogen-bond acceptors (Lipinski definition) is 1. The number of carbonyl (C=O) groups excluding carboxylic acids is 1. The molecule has 1 N–H and O–H groups in total. The molecule has 5 rings (SSSR count). The molecule has 158 valence electrons. The fourth-order valence-electron chi connectivity index (χ4n) is 5.66. The second-order valence-electron chi connectivity index (χ2n) is 9.56. The Kier molecular flexibility index (Phi) is 4.65. The van der Waals surface area contributed by atoms with Gasteiger partial charge in [0.25, 0.3) is 5.91 Å². The Hall–Kier alpha value is -3.07. The lowest BCUT2D eigenvalue weighted by Crippen LogP contribution is -2.24. The fourth-order valence-corrected chi connectivity index (χ4v) is 5.66. The third-order valence-corrected chi connectivity index (χ3v) is 7.56. The number of aromatic nitrogens is 1. The molecule has 3 heteroatoms. The summed E-state index contributed by atoms with van der Waals surface area (Å²) < 4.78 is 2.37. The second-order valence-corrected chi connectivity index (χ2v) is 9.56. The Labute approximate surface area is 184 Å². The summed E-state index contributed by atoms with van der Waals surface area (Å²) in [7, 11) is 2.19. The molecule has 0 spiro atoms. The molecule has 1 heterocycles. The third-order valence-electron chi connectivity index (χ3n) is 7.56. The van der Waals surface area contributed by atoms with Crippen LogP contribution in [0.4, 0.5) is 0 Å². The van der Waals surface area contributed by atoms with Crippen LogP contribution < -0.4 is 5.32 Å². The van der Waals surface area contributed by atoms with Gasteiger partial charge in [0.15, 0.2) is 0 Å². The summed E-state index contributed by atoms with van der Waals surface area (Å²) in [5.41, 5.74) is 5.16. The maximum atomic E-state index is 12.4. The van der Waals surface area contributed by atoms with Crippen LogP contribution in [0, 0.1) is 18.3 Å². The fraction of sp³-hybridized carbons (Fsp3) is 0.321. The van der Waals surface area contributed by atoms with Gasteiger partial charge in [0.1, 0.15) is 0 Å². The number of nitrogens with one attached hydrogen (secondary N) is 1. The molecule has 3 nitrogen and oxygen atoms in total. The lowest BCUT2D eigenvalue weighted by atomic mass is 9.98. The van der Waals surface area contributed by atoms with Crippen LogP contribution >= 0.6 is 0 Å². The van der Waals surface area contributed by atoms with Crippen molar-refractivity contribution in [3.63, 3.8) is 0 Å². The van der Waals surface area contributed by atoms with Crippen LogP contribution in [0.1, 0.15) is 47.8 Å². The largest absolute Gasteiger partial charge is 0.352 e. The Bertz CT molecular complexity index is 1280. The summed E-state index contributed by atoms with van der Waals surface area (Å²) in [6.45, 7) is 7.72. The zero-order chi connectivity index (χ0) is 21.8. The van der Waals surface area contributed by atoms with Crippen LogP contribution in [0.15, 0.2) is 66.7 Å². The molecular formula is C28H30N2O. The van der Waals surface area contributed by atoms with Crippen molar-refractivity contribution >= 4 is 27.6 Å². The molecule has 4 aromatic rings. The Morgan fingerprint density at radius 2 is 1.68 bits per heavy atom. The van der Waals surface area contributed by atoms with E-state index in [0.29, 0.717) is 18.4 Å². The molecule has 0 aliphatic heterocycles. The Morgan fingerprint density at radius 3 is 2.45 bits per heavy atom. The van der Waals surface area contributed by atoms with Gasteiger partial charge >= 0.3 is 0 Å². The van der Waals surface area contributed by atoms with Crippen LogP contribution in [-0.2, 0) is 7.05 Å². The smallest absolute Gasteiger partial charge is 0.251 e. The molecule has 1 aromatic heterocycles. The highest BCUT2D eigenvalue weighted by molar-refractivity contribution is 6.08. The summed E-state index contributed by atoms with van der Waals surface area (Å²) in [6, 6.07) is 22.7. The molecule has 0 saturated heterocycles. The molecule has 2 atom stereocenters. The van der Waals surface area contributed by atoms with Crippen LogP contribution in [0.25, 0.3) is 21.7 Å². The van der Waals surface area contributed by atoms with Gasteiger partial charge in [0, 0.05) is 35.6 Å². The van der Waals surface area contributed by atoms with Gasteiger partial charge in [-0.15, -0.1) is 0 Å². The number of amides is 1. The third kappa shape index (κ3) is 3.15. The van der Waals surface area contributed by atoms with Gasteiger partial charge in [-0.2, -0.15) is 0 Å². The average molecular weight is 411 g/mol. The van der Waals surface area contributed by atoms with Gasteiger partial charge in [0.05, 0.1) is 5.52 Å². The maximum absolute atomic E-state index is 12.4. The summed E-state index contributed by atoms with van der Waals surface area (Å²) in [5.74, 6) is 1.11. The van der Waals surface area contributed by atoms with E-state index in [-0.39, 0.29) is 11.3 Å². The highest BCUT2D eigenvalue weighted by Crippen LogP contribution is 2.67. The average Bonchev–Trinajstić information content (AvgIpc) is 3.21. The van der Waals surface area contributed by atoms with Crippen LogP contribution in [-0.4, -0.2) is 17.0 Å². The van der Waals surface area contributed by atoms with E-state index in [1.807, 2.05) is 30.3 Å². The molecule has 31 heavy (non-hydrogen) atoms. The first kappa shape index (κ1) is 19.9. The minimum Gasteiger partial charge on any atom is -0.352 e. The number of hydrogen-bond donors (Lipinski definition) is 1. The molecule has 1 amide bonds. The van der Waals surface area contributed by atoms with Gasteiger partial charge in [-0.05, 0) is 53.7 Å². The van der Waals surface area contributed by atoms with Crippen molar-refractivity contribution in [3.05, 3.63) is 83.6 Å². The summed E-state index contributed by atoms with van der Waals surface area (Å²) in [4.78, 5) is 12.4. The molecule has 3 aromatic carbocycles. The Balaban J connectivity index is 1.41. The predicted octanol–water partition coefficient (Wildman–Crippen LogP) is 6.20. The quantitative estimate of drug-likeness (QED) is 0.418. The van der Waals surface area contributed by atoms with E-state index in [4.69, 9.17) is 0 Å². The molecule has 1 aliphatic rings. The van der Waals surface area contributed by atoms with E-state index in [0.717, 1.165) is 12.0 Å². The van der Waals surface area contributed by atoms with Crippen molar-refractivity contribution in [3.8, 4) is 0 Å². The van der Waals surface area contributed by atoms with E-state index in [1.54, 1.807) is 0 Å². The maximum Gasteiger partial charge on any atom is 0.251 e. The number of rotatable bonds is 5. The summed E-state index contributed by atoms with van der Waals surface area (Å²) in [5, 5.41) is 7.11. The molecule has 0 radical (unpaired) electrons. The number of carbonyl (C=O) groups is 1. The lowest BCUT2D eigenvalue weighted by molar-refractivity contribution is 0.0952. The Morgan fingerprint density at radius 1 is 0.968 bits per heavy atom. The minimum atomic E-state index is 0.0171. The topological polar surface area (TPSA) is 34.0 Å². The second kappa shape index (κ2) is 7.26. The van der Waals surface area contributed by atoms with Gasteiger partial charge < -0.3 is 9.88 Å². The van der Waals surface area contributed by atoms with E-state index >= 15 is 0 Å². The van der Waals surface area contributed by atoms with Crippen LogP contribution in [0.2, 0.25) is 0 Å². The van der Waals surface area contributed by atoms with Crippen molar-refractivity contribution < 1.29 is 4.79 Å². The molecule has 1 saturated carbocycles. The minimum absolute atomic E-state index is 0.0171. The van der Waals surface area contributed by atoms with Gasteiger partial charge in [-0.3, -0.25) is 4.79 Å². The molecule has 0 bridgehead atoms. The number of fused-ring (bicyclic) bond motifs is 3. The van der Waals surface area contributed by atoms with E-state index < -0.39 is 0 Å². The molecule has 1 aliphatic carbocycles. The predicted molar refractivity (Wildman–Crippen MR) is 129 cm³/mol. The van der Waals surface area contributed by atoms with Crippen molar-refractivity contribution in [2.24, 2.45) is 18.4 Å². The summed E-state index contributed by atoms with van der Waals surface area (Å²) >= 11 is 0. The first-order chi connectivity index (χ1) is 14.9.